The molecule has 5 aliphatic rings. The van der Waals surface area contributed by atoms with Crippen LogP contribution in [0.15, 0.2) is 42.4 Å². The summed E-state index contributed by atoms with van der Waals surface area (Å²) >= 11 is 24.4. The van der Waals surface area contributed by atoms with E-state index in [2.05, 4.69) is 37.4 Å². The van der Waals surface area contributed by atoms with E-state index >= 15 is 0 Å². The van der Waals surface area contributed by atoms with Crippen LogP contribution in [0.4, 0.5) is 0 Å². The molecule has 5 aliphatic heterocycles. The van der Waals surface area contributed by atoms with Crippen molar-refractivity contribution >= 4 is 141 Å². The van der Waals surface area contributed by atoms with Gasteiger partial charge in [-0.1, -0.05) is 108 Å². The Labute approximate surface area is 230 Å². The molecule has 0 radical (unpaired) electrons. The second-order valence-corrected chi connectivity index (χ2v) is 21.3. The molecule has 12 heteroatoms. The molecule has 162 valence electrons. The van der Waals surface area contributed by atoms with E-state index in [1.54, 1.807) is 16.9 Å². The molecule has 0 N–H and O–H groups in total. The van der Waals surface area contributed by atoms with E-state index in [-0.39, 0.29) is 0 Å². The smallest absolute Gasteiger partial charge is 0.0718 e. The summed E-state index contributed by atoms with van der Waals surface area (Å²) in [6.07, 6.45) is 2.48. The predicted molar refractivity (Wildman–Crippen MR) is 166 cm³/mol. The van der Waals surface area contributed by atoms with Crippen LogP contribution in [-0.4, -0.2) is 23.0 Å². The fraction of sp³-hybridized carbons (Fsp3) is 0.444. The van der Waals surface area contributed by atoms with E-state index in [1.165, 1.54) is 61.3 Å². The lowest BCUT2D eigenvalue weighted by molar-refractivity contribution is 1.11. The maximum atomic E-state index is 2.28. The molecule has 30 heavy (non-hydrogen) atoms. The van der Waals surface area contributed by atoms with Crippen molar-refractivity contribution in [2.24, 2.45) is 0 Å². The van der Waals surface area contributed by atoms with Crippen molar-refractivity contribution in [1.29, 1.82) is 0 Å². The fourth-order valence-electron chi connectivity index (χ4n) is 2.48. The lowest BCUT2D eigenvalue weighted by Gasteiger charge is -2.08. The molecule has 0 bridgehead atoms. The van der Waals surface area contributed by atoms with Gasteiger partial charge in [0.2, 0.25) is 0 Å². The van der Waals surface area contributed by atoms with Gasteiger partial charge >= 0.3 is 0 Å². The molecule has 5 heterocycles. The van der Waals surface area contributed by atoms with Crippen molar-refractivity contribution in [3.05, 3.63) is 42.4 Å². The molecule has 0 saturated carbocycles. The number of thioether (sulfide) groups is 12. The van der Waals surface area contributed by atoms with Gasteiger partial charge < -0.3 is 0 Å². The van der Waals surface area contributed by atoms with Crippen LogP contribution >= 0.6 is 141 Å². The first-order valence-electron chi connectivity index (χ1n) is 9.40. The topological polar surface area (TPSA) is 0 Å². The standard InChI is InChI=1S/C18H18S12/c1-3-5-19-9-10(20-6-4-2)24-13(23-9)15-27-17-18(28-15)30-16(29-17)14-25-11-12(26-14)22-8-7-21-11/h3-8H2,1-2H3. The highest BCUT2D eigenvalue weighted by atomic mass is 32.3. The normalized spacial score (nSPS) is 24.2. The Balaban J connectivity index is 1.23. The number of rotatable bonds is 6. The number of hydrogen-bond acceptors (Lipinski definition) is 12. The average Bonchev–Trinajstić information content (AvgIpc) is 3.51. The summed E-state index contributed by atoms with van der Waals surface area (Å²) in [6, 6.07) is 0. The first-order chi connectivity index (χ1) is 14.7. The Kier molecular flexibility index (Phi) is 9.64. The van der Waals surface area contributed by atoms with Crippen LogP contribution in [0.3, 0.4) is 0 Å². The first kappa shape index (κ1) is 24.6. The van der Waals surface area contributed by atoms with Crippen LogP contribution in [0.2, 0.25) is 0 Å². The largest absolute Gasteiger partial charge is 0.117 e. The second-order valence-electron chi connectivity index (χ2n) is 6.08. The summed E-state index contributed by atoms with van der Waals surface area (Å²) in [5.41, 5.74) is 0. The molecule has 0 aromatic rings. The number of hydrogen-bond donors (Lipinski definition) is 0. The Morgan fingerprint density at radius 3 is 1.20 bits per heavy atom. The van der Waals surface area contributed by atoms with Gasteiger partial charge in [-0.2, -0.15) is 0 Å². The summed E-state index contributed by atoms with van der Waals surface area (Å²) < 4.78 is 15.3. The van der Waals surface area contributed by atoms with Crippen molar-refractivity contribution in [3.63, 3.8) is 0 Å². The Hall–Kier alpha value is 2.90. The van der Waals surface area contributed by atoms with Crippen molar-refractivity contribution in [2.45, 2.75) is 26.7 Å². The average molecular weight is 619 g/mol. The highest BCUT2D eigenvalue weighted by Gasteiger charge is 2.37. The zero-order chi connectivity index (χ0) is 20.5. The lowest BCUT2D eigenvalue weighted by Crippen LogP contribution is -1.88. The SMILES string of the molecule is CCCSC1=C(SCCC)SC(=C2SC3=C(S2)SC(=C2SC4=C(SCCS4)S2)S3)S1. The quantitative estimate of drug-likeness (QED) is 0.278. The Morgan fingerprint density at radius 2 is 0.833 bits per heavy atom. The van der Waals surface area contributed by atoms with Crippen LogP contribution in [0, 0.1) is 0 Å². The van der Waals surface area contributed by atoms with E-state index < -0.39 is 0 Å². The molecule has 0 aromatic carbocycles. The summed E-state index contributed by atoms with van der Waals surface area (Å²) in [7, 11) is 0. The van der Waals surface area contributed by atoms with Gasteiger partial charge in [-0.25, -0.2) is 0 Å². The molecule has 0 unspecified atom stereocenters. The summed E-state index contributed by atoms with van der Waals surface area (Å²) in [5.74, 6) is 4.97. The molecule has 0 aromatic heterocycles. The van der Waals surface area contributed by atoms with Crippen LogP contribution in [0.1, 0.15) is 26.7 Å². The summed E-state index contributed by atoms with van der Waals surface area (Å²) in [5, 5.41) is 0. The van der Waals surface area contributed by atoms with Gasteiger partial charge in [0.05, 0.1) is 42.4 Å². The van der Waals surface area contributed by atoms with Gasteiger partial charge in [0, 0.05) is 11.5 Å². The van der Waals surface area contributed by atoms with E-state index in [0.717, 1.165) is 0 Å². The van der Waals surface area contributed by atoms with Gasteiger partial charge in [-0.05, 0) is 24.3 Å². The highest BCUT2D eigenvalue weighted by molar-refractivity contribution is 8.51. The van der Waals surface area contributed by atoms with Crippen molar-refractivity contribution in [1.82, 2.24) is 0 Å². The molecule has 0 fully saturated rings. The molecule has 0 atom stereocenters. The molecule has 5 rings (SSSR count). The monoisotopic (exact) mass is 618 g/mol. The van der Waals surface area contributed by atoms with Gasteiger partial charge in [0.25, 0.3) is 0 Å². The molecular formula is C18H18S12. The van der Waals surface area contributed by atoms with Crippen molar-refractivity contribution < 1.29 is 0 Å². The van der Waals surface area contributed by atoms with Crippen LogP contribution in [0.25, 0.3) is 0 Å². The fourth-order valence-corrected chi connectivity index (χ4v) is 21.1. The Morgan fingerprint density at radius 1 is 0.500 bits per heavy atom. The van der Waals surface area contributed by atoms with E-state index in [9.17, 15) is 0 Å². The zero-order valence-electron chi connectivity index (χ0n) is 16.1. The third-order valence-corrected chi connectivity index (χ3v) is 22.1. The maximum absolute atomic E-state index is 2.28. The molecule has 0 nitrogen and oxygen atoms in total. The minimum Gasteiger partial charge on any atom is -0.117 e. The van der Waals surface area contributed by atoms with Crippen LogP contribution < -0.4 is 0 Å². The zero-order valence-corrected chi connectivity index (χ0v) is 25.9. The van der Waals surface area contributed by atoms with Crippen molar-refractivity contribution in [3.8, 4) is 0 Å². The highest BCUT2D eigenvalue weighted by Crippen LogP contribution is 2.73. The third kappa shape index (κ3) is 5.65. The maximum Gasteiger partial charge on any atom is 0.0718 e. The molecule has 0 amide bonds. The van der Waals surface area contributed by atoms with Gasteiger partial charge in [0.15, 0.2) is 0 Å². The minimum atomic E-state index is 1.23. The van der Waals surface area contributed by atoms with Crippen LogP contribution in [-0.2, 0) is 0 Å². The first-order valence-corrected chi connectivity index (χ1v) is 19.9. The summed E-state index contributed by atoms with van der Waals surface area (Å²) in [4.78, 5) is 0. The third-order valence-electron chi connectivity index (χ3n) is 3.74. The van der Waals surface area contributed by atoms with Crippen LogP contribution in [0.5, 0.6) is 0 Å². The molecule has 0 spiro atoms. The molecule has 0 saturated heterocycles. The minimum absolute atomic E-state index is 1.23. The van der Waals surface area contributed by atoms with E-state index in [0.29, 0.717) is 0 Å². The van der Waals surface area contributed by atoms with E-state index in [4.69, 9.17) is 0 Å². The van der Waals surface area contributed by atoms with E-state index in [1.807, 2.05) is 118 Å². The van der Waals surface area contributed by atoms with Gasteiger partial charge in [-0.3, -0.25) is 0 Å². The predicted octanol–water partition coefficient (Wildman–Crippen LogP) is 11.3. The summed E-state index contributed by atoms with van der Waals surface area (Å²) in [6.45, 7) is 4.56. The Bertz CT molecular complexity index is 829. The van der Waals surface area contributed by atoms with Gasteiger partial charge in [-0.15, -0.1) is 47.0 Å². The lowest BCUT2D eigenvalue weighted by atomic mass is 10.6. The second kappa shape index (κ2) is 11.8. The van der Waals surface area contributed by atoms with Crippen molar-refractivity contribution in [2.75, 3.05) is 23.0 Å². The molecular weight excluding hydrogens is 601 g/mol. The van der Waals surface area contributed by atoms with Gasteiger partial charge in [0.1, 0.15) is 0 Å². The molecule has 0 aliphatic carbocycles.